The lowest BCUT2D eigenvalue weighted by Gasteiger charge is -2.10. The van der Waals surface area contributed by atoms with E-state index in [2.05, 4.69) is 0 Å². The third-order valence-electron chi connectivity index (χ3n) is 3.67. The van der Waals surface area contributed by atoms with Crippen molar-refractivity contribution in [2.24, 2.45) is 5.14 Å². The molecule has 132 valence electrons. The molecule has 0 fully saturated rings. The van der Waals surface area contributed by atoms with Crippen LogP contribution in [0.3, 0.4) is 0 Å². The number of ether oxygens (including phenoxy) is 1. The minimum atomic E-state index is -4.02. The van der Waals surface area contributed by atoms with Gasteiger partial charge in [-0.05, 0) is 49.2 Å². The fourth-order valence-electron chi connectivity index (χ4n) is 2.22. The number of primary sulfonamides is 1. The number of aryl methyl sites for hydroxylation is 1. The van der Waals surface area contributed by atoms with Crippen molar-refractivity contribution in [1.82, 2.24) is 0 Å². The number of ketones is 1. The van der Waals surface area contributed by atoms with Gasteiger partial charge in [0.15, 0.2) is 6.61 Å². The fraction of sp³-hybridized carbons (Fsp3) is 0.176. The van der Waals surface area contributed by atoms with Crippen molar-refractivity contribution in [2.45, 2.75) is 18.7 Å². The van der Waals surface area contributed by atoms with Crippen LogP contribution in [0.25, 0.3) is 0 Å². The summed E-state index contributed by atoms with van der Waals surface area (Å²) in [6, 6.07) is 7.84. The SMILES string of the molecule is Cc1cc(C(=O)OCC(=O)c2ccccc2F)cc(S(N)(=O)=O)c1C. The maximum atomic E-state index is 13.5. The quantitative estimate of drug-likeness (QED) is 0.646. The third kappa shape index (κ3) is 4.28. The second-order valence-corrected chi connectivity index (χ2v) is 6.97. The first-order valence-electron chi connectivity index (χ1n) is 7.20. The lowest BCUT2D eigenvalue weighted by Crippen LogP contribution is -2.18. The summed E-state index contributed by atoms with van der Waals surface area (Å²) in [5, 5.41) is 5.13. The number of rotatable bonds is 5. The highest BCUT2D eigenvalue weighted by atomic mass is 32.2. The van der Waals surface area contributed by atoms with Crippen LogP contribution in [0.4, 0.5) is 4.39 Å². The Labute approximate surface area is 144 Å². The number of hydrogen-bond donors (Lipinski definition) is 1. The van der Waals surface area contributed by atoms with E-state index in [0.29, 0.717) is 11.1 Å². The first-order valence-corrected chi connectivity index (χ1v) is 8.75. The summed E-state index contributed by atoms with van der Waals surface area (Å²) in [5.74, 6) is -2.33. The van der Waals surface area contributed by atoms with Gasteiger partial charge in [0.2, 0.25) is 15.8 Å². The smallest absolute Gasteiger partial charge is 0.338 e. The Hall–Kier alpha value is -2.58. The Morgan fingerprint density at radius 3 is 2.40 bits per heavy atom. The molecular formula is C17H16FNO5S. The van der Waals surface area contributed by atoms with Crippen LogP contribution in [-0.2, 0) is 14.8 Å². The molecule has 0 aliphatic carbocycles. The van der Waals surface area contributed by atoms with Crippen LogP contribution in [0.1, 0.15) is 31.8 Å². The van der Waals surface area contributed by atoms with E-state index in [9.17, 15) is 22.4 Å². The molecule has 2 aromatic rings. The summed E-state index contributed by atoms with van der Waals surface area (Å²) < 4.78 is 41.6. The maximum absolute atomic E-state index is 13.5. The second kappa shape index (κ2) is 7.12. The summed E-state index contributed by atoms with van der Waals surface area (Å²) in [5.41, 5.74) is 0.689. The highest BCUT2D eigenvalue weighted by molar-refractivity contribution is 7.89. The van der Waals surface area contributed by atoms with E-state index in [-0.39, 0.29) is 16.0 Å². The average Bonchev–Trinajstić information content (AvgIpc) is 2.54. The summed E-state index contributed by atoms with van der Waals surface area (Å²) in [6.07, 6.45) is 0. The molecule has 2 aromatic carbocycles. The number of nitrogens with two attached hydrogens (primary N) is 1. The number of carbonyl (C=O) groups excluding carboxylic acids is 2. The van der Waals surface area contributed by atoms with E-state index in [1.165, 1.54) is 24.3 Å². The standard InChI is InChI=1S/C17H16FNO5S/c1-10-7-12(8-16(11(10)2)25(19,22)23)17(21)24-9-15(20)13-5-3-4-6-14(13)18/h3-8H,9H2,1-2H3,(H2,19,22,23). The molecule has 0 aliphatic heterocycles. The molecule has 25 heavy (non-hydrogen) atoms. The number of Topliss-reactive ketones (excluding diaryl/α,β-unsaturated/α-hetero) is 1. The van der Waals surface area contributed by atoms with E-state index >= 15 is 0 Å². The fourth-order valence-corrected chi connectivity index (χ4v) is 3.10. The summed E-state index contributed by atoms with van der Waals surface area (Å²) in [7, 11) is -4.02. The van der Waals surface area contributed by atoms with Gasteiger partial charge in [0, 0.05) is 0 Å². The Morgan fingerprint density at radius 2 is 1.80 bits per heavy atom. The molecular weight excluding hydrogens is 349 g/mol. The second-order valence-electron chi connectivity index (χ2n) is 5.44. The third-order valence-corrected chi connectivity index (χ3v) is 4.71. The van der Waals surface area contributed by atoms with Crippen molar-refractivity contribution in [2.75, 3.05) is 6.61 Å². The molecule has 0 unspecified atom stereocenters. The maximum Gasteiger partial charge on any atom is 0.338 e. The van der Waals surface area contributed by atoms with Crippen LogP contribution in [0, 0.1) is 19.7 Å². The predicted octanol–water partition coefficient (Wildman–Crippen LogP) is 2.13. The molecule has 0 aliphatic rings. The largest absolute Gasteiger partial charge is 0.454 e. The molecule has 0 bridgehead atoms. The van der Waals surface area contributed by atoms with Crippen molar-refractivity contribution >= 4 is 21.8 Å². The van der Waals surface area contributed by atoms with Gasteiger partial charge in [-0.25, -0.2) is 22.7 Å². The molecule has 2 rings (SSSR count). The Balaban J connectivity index is 2.21. The number of benzene rings is 2. The van der Waals surface area contributed by atoms with Gasteiger partial charge in [0.05, 0.1) is 16.0 Å². The summed E-state index contributed by atoms with van der Waals surface area (Å²) in [4.78, 5) is 23.8. The zero-order valence-electron chi connectivity index (χ0n) is 13.6. The van der Waals surface area contributed by atoms with Crippen molar-refractivity contribution in [1.29, 1.82) is 0 Å². The predicted molar refractivity (Wildman–Crippen MR) is 88.3 cm³/mol. The average molecular weight is 365 g/mol. The van der Waals surface area contributed by atoms with Gasteiger partial charge < -0.3 is 4.74 Å². The van der Waals surface area contributed by atoms with Crippen LogP contribution < -0.4 is 5.14 Å². The minimum Gasteiger partial charge on any atom is -0.454 e. The van der Waals surface area contributed by atoms with Gasteiger partial charge in [0.25, 0.3) is 0 Å². The van der Waals surface area contributed by atoms with Crippen molar-refractivity contribution in [3.05, 3.63) is 64.5 Å². The van der Waals surface area contributed by atoms with Gasteiger partial charge in [-0.15, -0.1) is 0 Å². The molecule has 0 saturated carbocycles. The zero-order chi connectivity index (χ0) is 18.8. The molecule has 0 aromatic heterocycles. The summed E-state index contributed by atoms with van der Waals surface area (Å²) >= 11 is 0. The molecule has 0 heterocycles. The molecule has 2 N–H and O–H groups in total. The lowest BCUT2D eigenvalue weighted by molar-refractivity contribution is 0.0473. The van der Waals surface area contributed by atoms with Gasteiger partial charge in [-0.2, -0.15) is 0 Å². The van der Waals surface area contributed by atoms with Crippen LogP contribution in [0.2, 0.25) is 0 Å². The van der Waals surface area contributed by atoms with E-state index in [1.807, 2.05) is 0 Å². The van der Waals surface area contributed by atoms with Crippen LogP contribution in [0.5, 0.6) is 0 Å². The Morgan fingerprint density at radius 1 is 1.16 bits per heavy atom. The Kier molecular flexibility index (Phi) is 5.34. The monoisotopic (exact) mass is 365 g/mol. The van der Waals surface area contributed by atoms with Crippen molar-refractivity contribution in [3.63, 3.8) is 0 Å². The molecule has 6 nitrogen and oxygen atoms in total. The molecule has 8 heteroatoms. The highest BCUT2D eigenvalue weighted by Gasteiger charge is 2.19. The zero-order valence-corrected chi connectivity index (χ0v) is 14.4. The molecule has 0 saturated heterocycles. The van der Waals surface area contributed by atoms with Gasteiger partial charge >= 0.3 is 5.97 Å². The first kappa shape index (κ1) is 18.8. The number of hydrogen-bond acceptors (Lipinski definition) is 5. The Bertz CT molecular complexity index is 954. The van der Waals surface area contributed by atoms with Crippen LogP contribution in [-0.4, -0.2) is 26.8 Å². The molecule has 0 spiro atoms. The van der Waals surface area contributed by atoms with E-state index in [0.717, 1.165) is 12.1 Å². The number of sulfonamides is 1. The van der Waals surface area contributed by atoms with Crippen molar-refractivity contribution in [3.8, 4) is 0 Å². The number of carbonyl (C=O) groups is 2. The van der Waals surface area contributed by atoms with Gasteiger partial charge in [-0.1, -0.05) is 12.1 Å². The topological polar surface area (TPSA) is 104 Å². The normalized spacial score (nSPS) is 11.2. The van der Waals surface area contributed by atoms with Crippen LogP contribution >= 0.6 is 0 Å². The molecule has 0 atom stereocenters. The van der Waals surface area contributed by atoms with E-state index in [4.69, 9.17) is 9.88 Å². The van der Waals surface area contributed by atoms with E-state index in [1.54, 1.807) is 13.8 Å². The van der Waals surface area contributed by atoms with Crippen LogP contribution in [0.15, 0.2) is 41.3 Å². The molecule has 0 amide bonds. The first-order chi connectivity index (χ1) is 11.6. The van der Waals surface area contributed by atoms with Crippen molar-refractivity contribution < 1.29 is 27.1 Å². The van der Waals surface area contributed by atoms with Gasteiger partial charge in [-0.3, -0.25) is 4.79 Å². The molecule has 0 radical (unpaired) electrons. The summed E-state index contributed by atoms with van der Waals surface area (Å²) in [6.45, 7) is 2.51. The number of esters is 1. The minimum absolute atomic E-state index is 0.0616. The lowest BCUT2D eigenvalue weighted by atomic mass is 10.1. The number of halogens is 1. The highest BCUT2D eigenvalue weighted by Crippen LogP contribution is 2.20. The van der Waals surface area contributed by atoms with E-state index < -0.39 is 34.2 Å². The van der Waals surface area contributed by atoms with Gasteiger partial charge in [0.1, 0.15) is 5.82 Å².